The largest absolute Gasteiger partial charge is 0.338 e. The highest BCUT2D eigenvalue weighted by atomic mass is 16.2. The molecule has 1 unspecified atom stereocenters. The lowest BCUT2D eigenvalue weighted by Crippen LogP contribution is -2.57. The summed E-state index contributed by atoms with van der Waals surface area (Å²) >= 11 is 0. The predicted octanol–water partition coefficient (Wildman–Crippen LogP) is 3.01. The van der Waals surface area contributed by atoms with E-state index in [0.717, 1.165) is 37.0 Å². The van der Waals surface area contributed by atoms with Gasteiger partial charge in [-0.05, 0) is 69.6 Å². The van der Waals surface area contributed by atoms with Gasteiger partial charge in [-0.15, -0.1) is 0 Å². The van der Waals surface area contributed by atoms with Crippen molar-refractivity contribution in [3.8, 4) is 6.07 Å². The van der Waals surface area contributed by atoms with E-state index in [1.54, 1.807) is 0 Å². The maximum Gasteiger partial charge on any atom is 0.227 e. The van der Waals surface area contributed by atoms with Gasteiger partial charge in [-0.3, -0.25) is 4.79 Å². The Morgan fingerprint density at radius 1 is 1.26 bits per heavy atom. The first-order valence-corrected chi connectivity index (χ1v) is 7.72. The fourth-order valence-corrected chi connectivity index (χ4v) is 4.97. The van der Waals surface area contributed by atoms with Crippen LogP contribution in [0.3, 0.4) is 0 Å². The molecular formula is C16H24N2O. The molecule has 4 aliphatic carbocycles. The van der Waals surface area contributed by atoms with Gasteiger partial charge in [-0.25, -0.2) is 0 Å². The second-order valence-corrected chi connectivity index (χ2v) is 7.45. The highest BCUT2D eigenvalue weighted by Crippen LogP contribution is 2.60. The molecule has 3 heteroatoms. The van der Waals surface area contributed by atoms with Crippen molar-refractivity contribution in [3.63, 3.8) is 0 Å². The fraction of sp³-hybridized carbons (Fsp3) is 0.875. The number of hydrogen-bond donors (Lipinski definition) is 1. The highest BCUT2D eigenvalue weighted by molar-refractivity contribution is 5.84. The Labute approximate surface area is 115 Å². The molecule has 0 spiro atoms. The maximum atomic E-state index is 12.8. The lowest BCUT2D eigenvalue weighted by molar-refractivity contribution is -0.147. The molecule has 0 saturated heterocycles. The summed E-state index contributed by atoms with van der Waals surface area (Å²) in [7, 11) is 0. The smallest absolute Gasteiger partial charge is 0.227 e. The molecule has 0 aliphatic heterocycles. The molecule has 0 aromatic carbocycles. The van der Waals surface area contributed by atoms with E-state index >= 15 is 0 Å². The number of rotatable bonds is 3. The van der Waals surface area contributed by atoms with Gasteiger partial charge in [0.25, 0.3) is 0 Å². The molecule has 4 saturated carbocycles. The summed E-state index contributed by atoms with van der Waals surface area (Å²) in [6, 6.07) is 2.26. The minimum Gasteiger partial charge on any atom is -0.338 e. The van der Waals surface area contributed by atoms with Gasteiger partial charge in [0.1, 0.15) is 5.54 Å². The first kappa shape index (κ1) is 13.0. The molecule has 1 atom stereocenters. The number of carbonyl (C=O) groups is 1. The molecule has 1 amide bonds. The normalized spacial score (nSPS) is 42.5. The number of carbonyl (C=O) groups excluding carboxylic acids is 1. The van der Waals surface area contributed by atoms with Crippen LogP contribution in [0.25, 0.3) is 0 Å². The van der Waals surface area contributed by atoms with Crippen molar-refractivity contribution >= 4 is 5.91 Å². The van der Waals surface area contributed by atoms with E-state index < -0.39 is 5.54 Å². The van der Waals surface area contributed by atoms with Crippen molar-refractivity contribution in [3.05, 3.63) is 0 Å². The van der Waals surface area contributed by atoms with E-state index in [2.05, 4.69) is 11.4 Å². The lowest BCUT2D eigenvalue weighted by Gasteiger charge is -2.56. The van der Waals surface area contributed by atoms with Crippen LogP contribution in [-0.2, 0) is 4.79 Å². The van der Waals surface area contributed by atoms with Gasteiger partial charge in [0.15, 0.2) is 0 Å². The molecule has 0 aromatic heterocycles. The molecule has 104 valence electrons. The molecule has 0 radical (unpaired) electrons. The Balaban J connectivity index is 1.78. The van der Waals surface area contributed by atoms with Gasteiger partial charge in [0.2, 0.25) is 5.91 Å². The molecule has 4 rings (SSSR count). The molecule has 19 heavy (non-hydrogen) atoms. The van der Waals surface area contributed by atoms with E-state index in [4.69, 9.17) is 0 Å². The van der Waals surface area contributed by atoms with Crippen LogP contribution in [0, 0.1) is 34.5 Å². The minimum absolute atomic E-state index is 0.137. The Morgan fingerprint density at radius 2 is 1.74 bits per heavy atom. The molecule has 0 aromatic rings. The first-order chi connectivity index (χ1) is 8.98. The van der Waals surface area contributed by atoms with Crippen molar-refractivity contribution in [1.29, 1.82) is 5.26 Å². The van der Waals surface area contributed by atoms with E-state index in [-0.39, 0.29) is 11.3 Å². The monoisotopic (exact) mass is 260 g/mol. The molecule has 4 aliphatic rings. The summed E-state index contributed by atoms with van der Waals surface area (Å²) in [5, 5.41) is 12.3. The second-order valence-electron chi connectivity index (χ2n) is 7.45. The van der Waals surface area contributed by atoms with E-state index in [0.29, 0.717) is 6.42 Å². The van der Waals surface area contributed by atoms with Crippen LogP contribution in [0.4, 0.5) is 0 Å². The zero-order valence-electron chi connectivity index (χ0n) is 12.0. The maximum absolute atomic E-state index is 12.8. The van der Waals surface area contributed by atoms with Gasteiger partial charge in [0.05, 0.1) is 11.5 Å². The fourth-order valence-electron chi connectivity index (χ4n) is 4.97. The van der Waals surface area contributed by atoms with Crippen LogP contribution < -0.4 is 5.32 Å². The quantitative estimate of drug-likeness (QED) is 0.848. The van der Waals surface area contributed by atoms with Crippen molar-refractivity contribution < 1.29 is 4.79 Å². The number of nitrogens with zero attached hydrogens (tertiary/aromatic N) is 1. The van der Waals surface area contributed by atoms with Gasteiger partial charge in [-0.1, -0.05) is 6.92 Å². The zero-order valence-corrected chi connectivity index (χ0v) is 12.0. The predicted molar refractivity (Wildman–Crippen MR) is 73.1 cm³/mol. The molecule has 4 bridgehead atoms. The van der Waals surface area contributed by atoms with Crippen LogP contribution in [0.5, 0.6) is 0 Å². The average molecular weight is 260 g/mol. The number of amides is 1. The van der Waals surface area contributed by atoms with Crippen molar-refractivity contribution in [1.82, 2.24) is 5.32 Å². The van der Waals surface area contributed by atoms with Gasteiger partial charge >= 0.3 is 0 Å². The zero-order chi connectivity index (χ0) is 13.7. The molecule has 1 N–H and O–H groups in total. The molecule has 4 fully saturated rings. The molecule has 3 nitrogen and oxygen atoms in total. The summed E-state index contributed by atoms with van der Waals surface area (Å²) < 4.78 is 0. The number of nitrogens with one attached hydrogen (secondary N) is 1. The van der Waals surface area contributed by atoms with Gasteiger partial charge in [0, 0.05) is 0 Å². The van der Waals surface area contributed by atoms with Crippen LogP contribution in [0.15, 0.2) is 0 Å². The minimum atomic E-state index is -0.694. The summed E-state index contributed by atoms with van der Waals surface area (Å²) in [4.78, 5) is 12.8. The Morgan fingerprint density at radius 3 is 2.11 bits per heavy atom. The van der Waals surface area contributed by atoms with Crippen molar-refractivity contribution in [2.75, 3.05) is 0 Å². The third-order valence-electron chi connectivity index (χ3n) is 5.86. The number of nitriles is 1. The standard InChI is InChI=1S/C16H24N2O/c1-3-15(2,10-17)18-14(19)16-7-11-4-12(8-16)6-13(5-11)9-16/h11-13H,3-9H2,1-2H3,(H,18,19). The first-order valence-electron chi connectivity index (χ1n) is 7.72. The SMILES string of the molecule is CCC(C)(C#N)NC(=O)C12CC3CC(CC(C3)C1)C2. The van der Waals surface area contributed by atoms with Crippen molar-refractivity contribution in [2.24, 2.45) is 23.2 Å². The Hall–Kier alpha value is -1.04. The van der Waals surface area contributed by atoms with Gasteiger partial charge in [-0.2, -0.15) is 5.26 Å². The summed E-state index contributed by atoms with van der Waals surface area (Å²) in [5.74, 6) is 2.48. The van der Waals surface area contributed by atoms with Gasteiger partial charge < -0.3 is 5.32 Å². The summed E-state index contributed by atoms with van der Waals surface area (Å²) in [6.45, 7) is 3.80. The molecular weight excluding hydrogens is 236 g/mol. The number of hydrogen-bond acceptors (Lipinski definition) is 2. The topological polar surface area (TPSA) is 52.9 Å². The summed E-state index contributed by atoms with van der Waals surface area (Å²) in [5.41, 5.74) is -0.831. The third-order valence-corrected chi connectivity index (χ3v) is 5.86. The lowest BCUT2D eigenvalue weighted by atomic mass is 9.49. The second kappa shape index (κ2) is 4.23. The van der Waals surface area contributed by atoms with E-state index in [9.17, 15) is 10.1 Å². The Bertz CT molecular complexity index is 401. The van der Waals surface area contributed by atoms with E-state index in [1.807, 2.05) is 13.8 Å². The van der Waals surface area contributed by atoms with Crippen LogP contribution in [0.1, 0.15) is 58.8 Å². The van der Waals surface area contributed by atoms with E-state index in [1.165, 1.54) is 19.3 Å². The van der Waals surface area contributed by atoms with Crippen LogP contribution in [0.2, 0.25) is 0 Å². The highest BCUT2D eigenvalue weighted by Gasteiger charge is 2.55. The summed E-state index contributed by atoms with van der Waals surface area (Å²) in [6.07, 6.45) is 7.89. The van der Waals surface area contributed by atoms with Crippen molar-refractivity contribution in [2.45, 2.75) is 64.3 Å². The van der Waals surface area contributed by atoms with Crippen LogP contribution in [-0.4, -0.2) is 11.4 Å². The van der Waals surface area contributed by atoms with Crippen LogP contribution >= 0.6 is 0 Å². The Kier molecular flexibility index (Phi) is 2.89. The average Bonchev–Trinajstić information content (AvgIpc) is 2.37. The third kappa shape index (κ3) is 2.06. The molecule has 0 heterocycles.